The van der Waals surface area contributed by atoms with E-state index < -0.39 is 6.04 Å². The maximum atomic E-state index is 12.6. The molecule has 0 unspecified atom stereocenters. The smallest absolute Gasteiger partial charge is 0.240 e. The number of amides is 1. The van der Waals surface area contributed by atoms with Crippen molar-refractivity contribution in [1.29, 1.82) is 5.26 Å². The Morgan fingerprint density at radius 2 is 1.90 bits per heavy atom. The molecule has 1 fully saturated rings. The van der Waals surface area contributed by atoms with Crippen LogP contribution in [0.15, 0.2) is 60.8 Å². The molecular formula is C23H25ClN6O. The van der Waals surface area contributed by atoms with Gasteiger partial charge < -0.3 is 10.6 Å². The molecule has 1 saturated heterocycles. The van der Waals surface area contributed by atoms with Crippen LogP contribution >= 0.6 is 12.4 Å². The third-order valence-corrected chi connectivity index (χ3v) is 5.43. The molecule has 0 spiro atoms. The van der Waals surface area contributed by atoms with E-state index >= 15 is 0 Å². The largest absolute Gasteiger partial charge is 0.325 e. The fourth-order valence-corrected chi connectivity index (χ4v) is 3.81. The highest BCUT2D eigenvalue weighted by molar-refractivity contribution is 5.85. The van der Waals surface area contributed by atoms with Crippen molar-refractivity contribution in [3.8, 4) is 17.3 Å². The molecule has 1 aliphatic heterocycles. The summed E-state index contributed by atoms with van der Waals surface area (Å²) in [5.74, 6) is -0.146. The number of benzene rings is 2. The first-order valence-corrected chi connectivity index (χ1v) is 10.1. The predicted molar refractivity (Wildman–Crippen MR) is 120 cm³/mol. The second-order valence-electron chi connectivity index (χ2n) is 7.61. The second kappa shape index (κ2) is 10.2. The summed E-state index contributed by atoms with van der Waals surface area (Å²) in [6, 6.07) is 19.2. The minimum atomic E-state index is -0.642. The Kier molecular flexibility index (Phi) is 7.40. The number of halogens is 1. The third-order valence-electron chi connectivity index (χ3n) is 5.43. The summed E-state index contributed by atoms with van der Waals surface area (Å²) >= 11 is 0. The van der Waals surface area contributed by atoms with Gasteiger partial charge in [0, 0.05) is 12.1 Å². The minimum absolute atomic E-state index is 0. The highest BCUT2D eigenvalue weighted by atomic mass is 35.5. The first-order chi connectivity index (χ1) is 14.6. The van der Waals surface area contributed by atoms with E-state index in [2.05, 4.69) is 28.5 Å². The van der Waals surface area contributed by atoms with Crippen LogP contribution in [0.25, 0.3) is 11.3 Å². The van der Waals surface area contributed by atoms with Crippen molar-refractivity contribution in [2.24, 2.45) is 5.73 Å². The summed E-state index contributed by atoms with van der Waals surface area (Å²) < 4.78 is 1.81. The lowest BCUT2D eigenvalue weighted by atomic mass is 10.0. The Labute approximate surface area is 187 Å². The summed E-state index contributed by atoms with van der Waals surface area (Å²) in [4.78, 5) is 14.2. The van der Waals surface area contributed by atoms with Crippen LogP contribution in [0.4, 0.5) is 0 Å². The van der Waals surface area contributed by atoms with Gasteiger partial charge in [0.15, 0.2) is 0 Å². The number of hydrogen-bond donors (Lipinski definition) is 1. The van der Waals surface area contributed by atoms with Crippen LogP contribution in [0.2, 0.25) is 0 Å². The summed E-state index contributed by atoms with van der Waals surface area (Å²) in [5, 5.41) is 17.7. The lowest BCUT2D eigenvalue weighted by Gasteiger charge is -2.23. The Balaban J connectivity index is 0.00000272. The van der Waals surface area contributed by atoms with Gasteiger partial charge in [-0.1, -0.05) is 59.8 Å². The molecule has 3 aromatic rings. The average molecular weight is 437 g/mol. The molecule has 31 heavy (non-hydrogen) atoms. The number of carbonyl (C=O) groups excluding carboxylic acids is 1. The Morgan fingerprint density at radius 3 is 2.61 bits per heavy atom. The quantitative estimate of drug-likeness (QED) is 0.640. The number of rotatable bonds is 6. The van der Waals surface area contributed by atoms with Gasteiger partial charge in [-0.05, 0) is 30.4 Å². The molecule has 8 heteroatoms. The monoisotopic (exact) mass is 436 g/mol. The van der Waals surface area contributed by atoms with Gasteiger partial charge in [-0.15, -0.1) is 17.5 Å². The van der Waals surface area contributed by atoms with Gasteiger partial charge >= 0.3 is 0 Å². The SMILES string of the molecule is Cl.N#C[C@@H]1CCCN1C(=O)[C@@H](N)Cc1ccc(-c2cn(Cc3ccccc3)nn2)cc1. The normalized spacial score (nSPS) is 16.4. The zero-order valence-corrected chi connectivity index (χ0v) is 17.9. The Bertz CT molecular complexity index is 1040. The highest BCUT2D eigenvalue weighted by Crippen LogP contribution is 2.20. The standard InChI is InChI=1S/C23H24N6O.ClH/c24-14-20-7-4-12-29(20)23(30)21(25)13-17-8-10-19(11-9-17)22-16-28(27-26-22)15-18-5-2-1-3-6-18;/h1-3,5-6,8-11,16,20-21H,4,7,12-13,15,25H2;1H/t20-,21-;/m0./s1. The van der Waals surface area contributed by atoms with Crippen molar-refractivity contribution in [3.63, 3.8) is 0 Å². The fourth-order valence-electron chi connectivity index (χ4n) is 3.81. The second-order valence-corrected chi connectivity index (χ2v) is 7.61. The van der Waals surface area contributed by atoms with Crippen molar-refractivity contribution in [3.05, 3.63) is 71.9 Å². The van der Waals surface area contributed by atoms with Crippen LogP contribution in [0, 0.1) is 11.3 Å². The molecule has 0 saturated carbocycles. The van der Waals surface area contributed by atoms with Crippen molar-refractivity contribution in [1.82, 2.24) is 19.9 Å². The molecule has 2 N–H and O–H groups in total. The molecule has 2 atom stereocenters. The van der Waals surface area contributed by atoms with Gasteiger partial charge in [0.1, 0.15) is 11.7 Å². The number of nitrogens with two attached hydrogens (primary N) is 1. The lowest BCUT2D eigenvalue weighted by Crippen LogP contribution is -2.46. The van der Waals surface area contributed by atoms with E-state index in [1.54, 1.807) is 4.90 Å². The average Bonchev–Trinajstić information content (AvgIpc) is 3.44. The van der Waals surface area contributed by atoms with Gasteiger partial charge in [0.05, 0.1) is 24.9 Å². The van der Waals surface area contributed by atoms with Gasteiger partial charge in [-0.3, -0.25) is 4.79 Å². The van der Waals surface area contributed by atoms with E-state index in [1.807, 2.05) is 53.3 Å². The van der Waals surface area contributed by atoms with Gasteiger partial charge in [-0.2, -0.15) is 5.26 Å². The number of carbonyl (C=O) groups is 1. The topological polar surface area (TPSA) is 101 Å². The van der Waals surface area contributed by atoms with E-state index in [9.17, 15) is 10.1 Å². The molecule has 2 aromatic carbocycles. The Hall–Kier alpha value is -3.21. The van der Waals surface area contributed by atoms with Crippen LogP contribution in [-0.2, 0) is 17.8 Å². The number of likely N-dealkylation sites (tertiary alicyclic amines) is 1. The van der Waals surface area contributed by atoms with Gasteiger partial charge in [0.2, 0.25) is 5.91 Å². The molecule has 160 valence electrons. The molecule has 0 bridgehead atoms. The zero-order valence-electron chi connectivity index (χ0n) is 17.1. The molecule has 1 aliphatic rings. The van der Waals surface area contributed by atoms with E-state index in [1.165, 1.54) is 5.56 Å². The molecule has 1 amide bonds. The summed E-state index contributed by atoms with van der Waals surface area (Å²) in [6.07, 6.45) is 3.95. The van der Waals surface area contributed by atoms with E-state index in [4.69, 9.17) is 5.73 Å². The highest BCUT2D eigenvalue weighted by Gasteiger charge is 2.31. The summed E-state index contributed by atoms with van der Waals surface area (Å²) in [6.45, 7) is 1.28. The minimum Gasteiger partial charge on any atom is -0.325 e. The van der Waals surface area contributed by atoms with Crippen LogP contribution < -0.4 is 5.73 Å². The van der Waals surface area contributed by atoms with Crippen LogP contribution in [-0.4, -0.2) is 44.4 Å². The number of aromatic nitrogens is 3. The molecule has 2 heterocycles. The first kappa shape index (κ1) is 22.5. The Morgan fingerprint density at radius 1 is 1.16 bits per heavy atom. The number of nitrogens with zero attached hydrogens (tertiary/aromatic N) is 5. The maximum absolute atomic E-state index is 12.6. The zero-order chi connectivity index (χ0) is 20.9. The van der Waals surface area contributed by atoms with Crippen molar-refractivity contribution < 1.29 is 4.79 Å². The van der Waals surface area contributed by atoms with Crippen molar-refractivity contribution in [2.75, 3.05) is 6.54 Å². The number of nitriles is 1. The third kappa shape index (κ3) is 5.29. The molecular weight excluding hydrogens is 412 g/mol. The van der Waals surface area contributed by atoms with E-state index in [0.717, 1.165) is 29.7 Å². The van der Waals surface area contributed by atoms with Crippen LogP contribution in [0.1, 0.15) is 24.0 Å². The van der Waals surface area contributed by atoms with E-state index in [0.29, 0.717) is 19.5 Å². The predicted octanol–water partition coefficient (Wildman–Crippen LogP) is 2.80. The molecule has 0 radical (unpaired) electrons. The number of hydrogen-bond acceptors (Lipinski definition) is 5. The van der Waals surface area contributed by atoms with Crippen LogP contribution in [0.3, 0.4) is 0 Å². The van der Waals surface area contributed by atoms with Gasteiger partial charge in [-0.25, -0.2) is 4.68 Å². The fraction of sp³-hybridized carbons (Fsp3) is 0.304. The lowest BCUT2D eigenvalue weighted by molar-refractivity contribution is -0.132. The molecule has 1 aromatic heterocycles. The van der Waals surface area contributed by atoms with Gasteiger partial charge in [0.25, 0.3) is 0 Å². The first-order valence-electron chi connectivity index (χ1n) is 10.1. The van der Waals surface area contributed by atoms with Crippen LogP contribution in [0.5, 0.6) is 0 Å². The maximum Gasteiger partial charge on any atom is 0.240 e. The molecule has 4 rings (SSSR count). The van der Waals surface area contributed by atoms with E-state index in [-0.39, 0.29) is 24.4 Å². The molecule has 7 nitrogen and oxygen atoms in total. The summed E-state index contributed by atoms with van der Waals surface area (Å²) in [7, 11) is 0. The summed E-state index contributed by atoms with van der Waals surface area (Å²) in [5.41, 5.74) is 10.0. The van der Waals surface area contributed by atoms with Crippen molar-refractivity contribution >= 4 is 18.3 Å². The molecule has 0 aliphatic carbocycles. The van der Waals surface area contributed by atoms with Crippen molar-refractivity contribution in [2.45, 2.75) is 37.9 Å².